The molecule has 1 heterocycles. The molecular weight excluding hydrogens is 395 g/mol. The highest BCUT2D eigenvalue weighted by Crippen LogP contribution is 2.31. The molecule has 0 aliphatic carbocycles. The number of carbonyl (C=O) groups excluding carboxylic acids is 2. The van der Waals surface area contributed by atoms with Crippen molar-refractivity contribution in [2.75, 3.05) is 17.2 Å². The van der Waals surface area contributed by atoms with Gasteiger partial charge in [-0.15, -0.1) is 0 Å². The van der Waals surface area contributed by atoms with Crippen LogP contribution in [0.3, 0.4) is 0 Å². The Kier molecular flexibility index (Phi) is 5.95. The zero-order valence-corrected chi connectivity index (χ0v) is 16.8. The first-order valence-electron chi connectivity index (χ1n) is 10.0. The molecule has 4 rings (SSSR count). The van der Waals surface area contributed by atoms with E-state index in [9.17, 15) is 14.0 Å². The van der Waals surface area contributed by atoms with Crippen molar-refractivity contribution in [3.8, 4) is 0 Å². The highest BCUT2D eigenvalue weighted by molar-refractivity contribution is 6.00. The molecule has 7 heteroatoms. The average Bonchev–Trinajstić information content (AvgIpc) is 2.76. The Morgan fingerprint density at radius 2 is 1.68 bits per heavy atom. The van der Waals surface area contributed by atoms with Gasteiger partial charge in [-0.2, -0.15) is 0 Å². The summed E-state index contributed by atoms with van der Waals surface area (Å²) in [5.41, 5.74) is 9.84. The van der Waals surface area contributed by atoms with Crippen LogP contribution in [0.5, 0.6) is 0 Å². The van der Waals surface area contributed by atoms with E-state index in [4.69, 9.17) is 5.73 Å². The molecule has 3 aromatic carbocycles. The first kappa shape index (κ1) is 20.6. The molecule has 0 radical (unpaired) electrons. The normalized spacial score (nSPS) is 14.4. The van der Waals surface area contributed by atoms with Crippen molar-refractivity contribution in [1.82, 2.24) is 4.90 Å². The largest absolute Gasteiger partial charge is 0.368 e. The molecular formula is C24H23FN4O2. The van der Waals surface area contributed by atoms with Gasteiger partial charge in [-0.05, 0) is 53.4 Å². The van der Waals surface area contributed by atoms with E-state index in [2.05, 4.69) is 10.6 Å². The number of amides is 3. The van der Waals surface area contributed by atoms with Crippen LogP contribution in [0.15, 0.2) is 72.8 Å². The quantitative estimate of drug-likeness (QED) is 0.584. The van der Waals surface area contributed by atoms with Gasteiger partial charge < -0.3 is 16.4 Å². The molecule has 0 aromatic heterocycles. The summed E-state index contributed by atoms with van der Waals surface area (Å²) in [7, 11) is 0. The Labute approximate surface area is 179 Å². The topological polar surface area (TPSA) is 87.5 Å². The molecule has 1 atom stereocenters. The number of halogens is 1. The molecule has 1 aliphatic heterocycles. The lowest BCUT2D eigenvalue weighted by Crippen LogP contribution is -2.41. The van der Waals surface area contributed by atoms with E-state index >= 15 is 0 Å². The summed E-state index contributed by atoms with van der Waals surface area (Å²) in [6.45, 7) is 1.08. The summed E-state index contributed by atoms with van der Waals surface area (Å²) >= 11 is 0. The number of fused-ring (bicyclic) bond motifs is 1. The van der Waals surface area contributed by atoms with Crippen LogP contribution in [0.4, 0.5) is 20.6 Å². The second-order valence-corrected chi connectivity index (χ2v) is 7.47. The number of benzene rings is 3. The van der Waals surface area contributed by atoms with Gasteiger partial charge in [0.05, 0.1) is 0 Å². The van der Waals surface area contributed by atoms with Crippen LogP contribution >= 0.6 is 0 Å². The third-order valence-corrected chi connectivity index (χ3v) is 5.40. The number of nitrogens with two attached hydrogens (primary N) is 1. The standard InChI is InChI=1S/C24H23FN4O2/c25-18-11-9-16(10-12-18)22(23(26)30)29-14-13-20-17(15-29)5-4-8-21(20)28-24(31)27-19-6-2-1-3-7-19/h1-12,22H,13-15H2,(H2,26,30)(H2,27,28,31). The lowest BCUT2D eigenvalue weighted by Gasteiger charge is -2.35. The molecule has 0 spiro atoms. The number of primary amides is 1. The number of urea groups is 1. The minimum absolute atomic E-state index is 0.316. The fraction of sp³-hybridized carbons (Fsp3) is 0.167. The highest BCUT2D eigenvalue weighted by atomic mass is 19.1. The van der Waals surface area contributed by atoms with Crippen molar-refractivity contribution in [3.63, 3.8) is 0 Å². The predicted molar refractivity (Wildman–Crippen MR) is 118 cm³/mol. The Morgan fingerprint density at radius 1 is 0.935 bits per heavy atom. The first-order valence-corrected chi connectivity index (χ1v) is 10.0. The highest BCUT2D eigenvalue weighted by Gasteiger charge is 2.29. The van der Waals surface area contributed by atoms with Crippen molar-refractivity contribution in [1.29, 1.82) is 0 Å². The molecule has 3 aromatic rings. The van der Waals surface area contributed by atoms with E-state index in [1.54, 1.807) is 12.1 Å². The summed E-state index contributed by atoms with van der Waals surface area (Å²) in [6, 6.07) is 19.8. The van der Waals surface area contributed by atoms with E-state index in [0.717, 1.165) is 16.8 Å². The van der Waals surface area contributed by atoms with Crippen molar-refractivity contribution >= 4 is 23.3 Å². The van der Waals surface area contributed by atoms with Gasteiger partial charge in [0.15, 0.2) is 0 Å². The van der Waals surface area contributed by atoms with Gasteiger partial charge in [-0.1, -0.05) is 42.5 Å². The van der Waals surface area contributed by atoms with Gasteiger partial charge in [-0.25, -0.2) is 9.18 Å². The van der Waals surface area contributed by atoms with Crippen LogP contribution in [0.25, 0.3) is 0 Å². The van der Waals surface area contributed by atoms with E-state index in [1.807, 2.05) is 53.4 Å². The number of para-hydroxylation sites is 1. The zero-order chi connectivity index (χ0) is 21.8. The van der Waals surface area contributed by atoms with Crippen LogP contribution in [-0.4, -0.2) is 23.4 Å². The van der Waals surface area contributed by atoms with Gasteiger partial charge in [0.25, 0.3) is 0 Å². The minimum Gasteiger partial charge on any atom is -0.368 e. The van der Waals surface area contributed by atoms with Gasteiger partial charge >= 0.3 is 6.03 Å². The maximum Gasteiger partial charge on any atom is 0.323 e. The van der Waals surface area contributed by atoms with Crippen LogP contribution < -0.4 is 16.4 Å². The number of carbonyl (C=O) groups is 2. The maximum absolute atomic E-state index is 13.3. The molecule has 1 unspecified atom stereocenters. The van der Waals surface area contributed by atoms with Crippen molar-refractivity contribution in [2.24, 2.45) is 5.73 Å². The lowest BCUT2D eigenvalue weighted by atomic mass is 9.94. The number of nitrogens with zero attached hydrogens (tertiary/aromatic N) is 1. The Bertz CT molecular complexity index is 1090. The van der Waals surface area contributed by atoms with Crippen molar-refractivity contribution in [3.05, 3.63) is 95.3 Å². The number of anilines is 2. The SMILES string of the molecule is NC(=O)C(c1ccc(F)cc1)N1CCc2c(cccc2NC(=O)Nc2ccccc2)C1. The van der Waals surface area contributed by atoms with Gasteiger partial charge in [0.1, 0.15) is 11.9 Å². The predicted octanol–water partition coefficient (Wildman–Crippen LogP) is 4.05. The Morgan fingerprint density at radius 3 is 2.39 bits per heavy atom. The van der Waals surface area contributed by atoms with E-state index in [-0.39, 0.29) is 11.8 Å². The fourth-order valence-corrected chi connectivity index (χ4v) is 3.98. The molecule has 0 saturated carbocycles. The molecule has 6 nitrogen and oxygen atoms in total. The lowest BCUT2D eigenvalue weighted by molar-refractivity contribution is -0.123. The van der Waals surface area contributed by atoms with E-state index in [0.29, 0.717) is 30.8 Å². The van der Waals surface area contributed by atoms with Gasteiger partial charge in [0, 0.05) is 24.5 Å². The summed E-state index contributed by atoms with van der Waals surface area (Å²) in [4.78, 5) is 26.6. The van der Waals surface area contributed by atoms with Crippen molar-refractivity contribution < 1.29 is 14.0 Å². The molecule has 3 amide bonds. The second kappa shape index (κ2) is 8.97. The monoisotopic (exact) mass is 418 g/mol. The molecule has 0 bridgehead atoms. The third-order valence-electron chi connectivity index (χ3n) is 5.40. The molecule has 1 aliphatic rings. The molecule has 0 saturated heterocycles. The summed E-state index contributed by atoms with van der Waals surface area (Å²) in [5, 5.41) is 5.73. The summed E-state index contributed by atoms with van der Waals surface area (Å²) < 4.78 is 13.3. The van der Waals surface area contributed by atoms with Gasteiger partial charge in [-0.3, -0.25) is 9.69 Å². The molecule has 31 heavy (non-hydrogen) atoms. The van der Waals surface area contributed by atoms with E-state index in [1.165, 1.54) is 12.1 Å². The minimum atomic E-state index is -0.647. The van der Waals surface area contributed by atoms with Crippen LogP contribution in [0.2, 0.25) is 0 Å². The average molecular weight is 418 g/mol. The fourth-order valence-electron chi connectivity index (χ4n) is 3.98. The van der Waals surface area contributed by atoms with Crippen LogP contribution in [-0.2, 0) is 17.8 Å². The van der Waals surface area contributed by atoms with Gasteiger partial charge in [0.2, 0.25) is 5.91 Å². The van der Waals surface area contributed by atoms with E-state index < -0.39 is 11.9 Å². The van der Waals surface area contributed by atoms with Crippen LogP contribution in [0, 0.1) is 5.82 Å². The first-order chi connectivity index (χ1) is 15.0. The molecule has 0 fully saturated rings. The maximum atomic E-state index is 13.3. The Hall–Kier alpha value is -3.71. The zero-order valence-electron chi connectivity index (χ0n) is 16.8. The third kappa shape index (κ3) is 4.73. The second-order valence-electron chi connectivity index (χ2n) is 7.47. The van der Waals surface area contributed by atoms with Crippen LogP contribution in [0.1, 0.15) is 22.7 Å². The Balaban J connectivity index is 1.51. The number of hydrogen-bond donors (Lipinski definition) is 3. The number of nitrogens with one attached hydrogen (secondary N) is 2. The number of hydrogen-bond acceptors (Lipinski definition) is 3. The molecule has 4 N–H and O–H groups in total. The smallest absolute Gasteiger partial charge is 0.323 e. The number of rotatable bonds is 5. The molecule has 158 valence electrons. The summed E-state index contributed by atoms with van der Waals surface area (Å²) in [6.07, 6.45) is 0.641. The van der Waals surface area contributed by atoms with Crippen molar-refractivity contribution in [2.45, 2.75) is 19.0 Å². The summed E-state index contributed by atoms with van der Waals surface area (Å²) in [5.74, 6) is -0.841.